The molecule has 2 nitrogen and oxygen atoms in total. The second kappa shape index (κ2) is 5.33. The van der Waals surface area contributed by atoms with E-state index in [4.69, 9.17) is 0 Å². The molecule has 0 atom stereocenters. The predicted octanol–water partition coefficient (Wildman–Crippen LogP) is 2.95. The van der Waals surface area contributed by atoms with Crippen molar-refractivity contribution < 1.29 is 4.79 Å². The summed E-state index contributed by atoms with van der Waals surface area (Å²) in [5, 5.41) is 1.02. The van der Waals surface area contributed by atoms with E-state index in [-0.39, 0.29) is 0 Å². The Morgan fingerprint density at radius 2 is 1.93 bits per heavy atom. The third kappa shape index (κ3) is 3.78. The molecule has 0 bridgehead atoms. The van der Waals surface area contributed by atoms with Crippen molar-refractivity contribution in [2.24, 2.45) is 5.92 Å². The molecule has 0 aliphatic heterocycles. The summed E-state index contributed by atoms with van der Waals surface area (Å²) in [6.45, 7) is 1.05. The first kappa shape index (κ1) is 11.4. The molecule has 3 heteroatoms. The minimum absolute atomic E-state index is 0.408. The molecule has 0 aromatic carbocycles. The molecule has 2 saturated carbocycles. The van der Waals surface area contributed by atoms with Crippen LogP contribution in [0.15, 0.2) is 0 Å². The first-order valence-electron chi connectivity index (χ1n) is 6.16. The summed E-state index contributed by atoms with van der Waals surface area (Å²) < 4.78 is 0. The normalized spacial score (nSPS) is 20.3. The van der Waals surface area contributed by atoms with Gasteiger partial charge in [-0.05, 0) is 44.4 Å². The first-order chi connectivity index (χ1) is 7.31. The van der Waals surface area contributed by atoms with Crippen molar-refractivity contribution in [2.75, 3.05) is 11.9 Å². The summed E-state index contributed by atoms with van der Waals surface area (Å²) in [5.41, 5.74) is 0. The number of alkyl halides is 1. The second-order valence-electron chi connectivity index (χ2n) is 4.87. The minimum Gasteiger partial charge on any atom is -0.339 e. The maximum Gasteiger partial charge on any atom is 0.222 e. The van der Waals surface area contributed by atoms with Crippen LogP contribution in [-0.2, 0) is 4.79 Å². The lowest BCUT2D eigenvalue weighted by Crippen LogP contribution is -2.34. The number of hydrogen-bond acceptors (Lipinski definition) is 1. The zero-order valence-electron chi connectivity index (χ0n) is 9.25. The number of carbonyl (C=O) groups excluding carboxylic acids is 1. The molecule has 0 unspecified atom stereocenters. The van der Waals surface area contributed by atoms with Gasteiger partial charge in [0.15, 0.2) is 0 Å². The lowest BCUT2D eigenvalue weighted by molar-refractivity contribution is -0.132. The Balaban J connectivity index is 1.72. The van der Waals surface area contributed by atoms with Crippen LogP contribution in [-0.4, -0.2) is 28.7 Å². The highest BCUT2D eigenvalue weighted by Gasteiger charge is 2.35. The van der Waals surface area contributed by atoms with Crippen molar-refractivity contribution in [3.05, 3.63) is 0 Å². The smallest absolute Gasteiger partial charge is 0.222 e. The van der Waals surface area contributed by atoms with Crippen molar-refractivity contribution >= 4 is 21.8 Å². The lowest BCUT2D eigenvalue weighted by atomic mass is 10.2. The first-order valence-corrected chi connectivity index (χ1v) is 7.29. The average molecular weight is 274 g/mol. The van der Waals surface area contributed by atoms with Crippen molar-refractivity contribution in [2.45, 2.75) is 51.0 Å². The highest BCUT2D eigenvalue weighted by Crippen LogP contribution is 2.35. The Hall–Kier alpha value is -0.0500. The van der Waals surface area contributed by atoms with Crippen molar-refractivity contribution in [1.82, 2.24) is 4.90 Å². The molecule has 1 amide bonds. The van der Waals surface area contributed by atoms with E-state index in [0.29, 0.717) is 11.9 Å². The van der Waals surface area contributed by atoms with Gasteiger partial charge in [-0.15, -0.1) is 0 Å². The van der Waals surface area contributed by atoms with Gasteiger partial charge >= 0.3 is 0 Å². The molecule has 86 valence electrons. The zero-order valence-corrected chi connectivity index (χ0v) is 10.8. The van der Waals surface area contributed by atoms with E-state index in [1.54, 1.807) is 0 Å². The molecule has 2 rings (SSSR count). The number of hydrogen-bond donors (Lipinski definition) is 0. The van der Waals surface area contributed by atoms with E-state index in [0.717, 1.165) is 37.1 Å². The van der Waals surface area contributed by atoms with E-state index in [9.17, 15) is 4.79 Å². The van der Waals surface area contributed by atoms with Crippen LogP contribution < -0.4 is 0 Å². The van der Waals surface area contributed by atoms with E-state index in [1.807, 2.05) is 0 Å². The van der Waals surface area contributed by atoms with Crippen LogP contribution in [0.1, 0.15) is 44.9 Å². The highest BCUT2D eigenvalue weighted by atomic mass is 79.9. The minimum atomic E-state index is 0.408. The topological polar surface area (TPSA) is 20.3 Å². The van der Waals surface area contributed by atoms with Gasteiger partial charge in [0, 0.05) is 24.3 Å². The van der Waals surface area contributed by atoms with Gasteiger partial charge in [-0.1, -0.05) is 15.9 Å². The molecule has 0 N–H and O–H groups in total. The van der Waals surface area contributed by atoms with Crippen LogP contribution in [0, 0.1) is 5.92 Å². The number of unbranched alkanes of at least 4 members (excludes halogenated alkanes) is 1. The van der Waals surface area contributed by atoms with E-state index < -0.39 is 0 Å². The maximum atomic E-state index is 12.0. The zero-order chi connectivity index (χ0) is 10.7. The fraction of sp³-hybridized carbons (Fsp3) is 0.917. The molecule has 15 heavy (non-hydrogen) atoms. The Kier molecular flexibility index (Phi) is 4.06. The highest BCUT2D eigenvalue weighted by molar-refractivity contribution is 9.09. The van der Waals surface area contributed by atoms with Crippen molar-refractivity contribution in [3.63, 3.8) is 0 Å². The van der Waals surface area contributed by atoms with Gasteiger partial charge in [-0.25, -0.2) is 0 Å². The molecule has 0 saturated heterocycles. The number of halogens is 1. The maximum absolute atomic E-state index is 12.0. The standard InChI is InChI=1S/C12H20BrNO/c13-8-2-1-3-12(15)14(11-6-7-11)9-10-4-5-10/h10-11H,1-9H2. The monoisotopic (exact) mass is 273 g/mol. The van der Waals surface area contributed by atoms with Gasteiger partial charge in [0.1, 0.15) is 0 Å². The van der Waals surface area contributed by atoms with Gasteiger partial charge in [0.2, 0.25) is 5.91 Å². The quantitative estimate of drug-likeness (QED) is 0.516. The fourth-order valence-electron chi connectivity index (χ4n) is 1.93. The summed E-state index contributed by atoms with van der Waals surface area (Å²) in [7, 11) is 0. The van der Waals surface area contributed by atoms with E-state index >= 15 is 0 Å². The molecule has 0 radical (unpaired) electrons. The van der Waals surface area contributed by atoms with Crippen LogP contribution in [0.25, 0.3) is 0 Å². The van der Waals surface area contributed by atoms with Crippen molar-refractivity contribution in [1.29, 1.82) is 0 Å². The van der Waals surface area contributed by atoms with Gasteiger partial charge < -0.3 is 4.90 Å². The third-order valence-corrected chi connectivity index (χ3v) is 3.79. The predicted molar refractivity (Wildman–Crippen MR) is 65.1 cm³/mol. The van der Waals surface area contributed by atoms with Gasteiger partial charge in [0.25, 0.3) is 0 Å². The second-order valence-corrected chi connectivity index (χ2v) is 5.66. The number of rotatable bonds is 7. The van der Waals surface area contributed by atoms with Crippen LogP contribution in [0.5, 0.6) is 0 Å². The van der Waals surface area contributed by atoms with Gasteiger partial charge in [0.05, 0.1) is 0 Å². The summed E-state index contributed by atoms with van der Waals surface area (Å²) in [6, 6.07) is 0.613. The summed E-state index contributed by atoms with van der Waals surface area (Å²) in [6.07, 6.45) is 8.10. The molecule has 2 aliphatic rings. The van der Waals surface area contributed by atoms with Crippen LogP contribution in [0.4, 0.5) is 0 Å². The Morgan fingerprint density at radius 1 is 1.20 bits per heavy atom. The number of carbonyl (C=O) groups is 1. The van der Waals surface area contributed by atoms with Crippen LogP contribution >= 0.6 is 15.9 Å². The van der Waals surface area contributed by atoms with Crippen LogP contribution in [0.2, 0.25) is 0 Å². The molecule has 2 fully saturated rings. The summed E-state index contributed by atoms with van der Waals surface area (Å²) >= 11 is 3.40. The summed E-state index contributed by atoms with van der Waals surface area (Å²) in [4.78, 5) is 14.1. The largest absolute Gasteiger partial charge is 0.339 e. The molecular formula is C12H20BrNO. The Labute approximate surface area is 101 Å². The molecule has 2 aliphatic carbocycles. The van der Waals surface area contributed by atoms with Gasteiger partial charge in [-0.2, -0.15) is 0 Å². The number of nitrogens with zero attached hydrogens (tertiary/aromatic N) is 1. The van der Waals surface area contributed by atoms with E-state index in [1.165, 1.54) is 25.7 Å². The molecule has 0 heterocycles. The van der Waals surface area contributed by atoms with Crippen molar-refractivity contribution in [3.8, 4) is 0 Å². The molecule has 0 aromatic rings. The molecule has 0 aromatic heterocycles. The molecular weight excluding hydrogens is 254 g/mol. The summed E-state index contributed by atoms with van der Waals surface area (Å²) in [5.74, 6) is 1.25. The number of amides is 1. The average Bonchev–Trinajstić information content (AvgIpc) is 3.06. The third-order valence-electron chi connectivity index (χ3n) is 3.23. The van der Waals surface area contributed by atoms with Crippen LogP contribution in [0.3, 0.4) is 0 Å². The Bertz CT molecular complexity index is 224. The van der Waals surface area contributed by atoms with Gasteiger partial charge in [-0.3, -0.25) is 4.79 Å². The molecule has 0 spiro atoms. The Morgan fingerprint density at radius 3 is 2.47 bits per heavy atom. The fourth-order valence-corrected chi connectivity index (χ4v) is 2.33. The lowest BCUT2D eigenvalue weighted by Gasteiger charge is -2.22. The SMILES string of the molecule is O=C(CCCCBr)N(CC1CC1)C1CC1. The van der Waals surface area contributed by atoms with E-state index in [2.05, 4.69) is 20.8 Å².